The number of hydrogen-bond donors (Lipinski definition) is 3. The van der Waals surface area contributed by atoms with Gasteiger partial charge in [-0.05, 0) is 37.5 Å². The molecule has 3 N–H and O–H groups in total. The molecule has 0 unspecified atom stereocenters. The van der Waals surface area contributed by atoms with E-state index in [-0.39, 0.29) is 12.6 Å². The Hall–Kier alpha value is -2.54. The molecular weight excluding hydrogens is 306 g/mol. The third kappa shape index (κ3) is 4.26. The van der Waals surface area contributed by atoms with Crippen molar-refractivity contribution in [3.8, 4) is 0 Å². The Labute approximate surface area is 141 Å². The van der Waals surface area contributed by atoms with E-state index < -0.39 is 0 Å². The molecule has 1 fully saturated rings. The summed E-state index contributed by atoms with van der Waals surface area (Å²) in [5.74, 6) is 0. The van der Waals surface area contributed by atoms with Crippen LogP contribution < -0.4 is 15.5 Å². The normalized spacial score (nSPS) is 14.5. The lowest BCUT2D eigenvalue weighted by molar-refractivity contribution is 0.262. The molecule has 0 spiro atoms. The molecule has 1 aromatic carbocycles. The van der Waals surface area contributed by atoms with E-state index in [1.165, 1.54) is 19.3 Å². The van der Waals surface area contributed by atoms with Crippen LogP contribution in [0.1, 0.15) is 19.3 Å². The lowest BCUT2D eigenvalue weighted by Gasteiger charge is -2.29. The van der Waals surface area contributed by atoms with Crippen LogP contribution >= 0.6 is 0 Å². The highest BCUT2D eigenvalue weighted by Gasteiger charge is 2.12. The highest BCUT2D eigenvalue weighted by atomic mass is 16.3. The molecule has 24 heavy (non-hydrogen) atoms. The zero-order valence-electron chi connectivity index (χ0n) is 13.6. The summed E-state index contributed by atoms with van der Waals surface area (Å²) in [4.78, 5) is 14.5. The molecule has 1 aliphatic heterocycles. The van der Waals surface area contributed by atoms with Gasteiger partial charge in [0.2, 0.25) is 0 Å². The van der Waals surface area contributed by atoms with E-state index >= 15 is 0 Å². The summed E-state index contributed by atoms with van der Waals surface area (Å²) in [5.41, 5.74) is 2.50. The monoisotopic (exact) mass is 329 g/mol. The van der Waals surface area contributed by atoms with Crippen LogP contribution in [-0.2, 0) is 6.54 Å². The molecular formula is C17H23N5O2. The van der Waals surface area contributed by atoms with Gasteiger partial charge < -0.3 is 20.6 Å². The number of benzene rings is 1. The number of nitrogens with one attached hydrogen (secondary N) is 2. The fourth-order valence-electron chi connectivity index (χ4n) is 2.88. The first-order chi connectivity index (χ1) is 11.7. The van der Waals surface area contributed by atoms with Gasteiger partial charge in [0.05, 0.1) is 25.0 Å². The minimum Gasteiger partial charge on any atom is -0.394 e. The number of aliphatic hydroxyl groups excluding tert-OH is 1. The second-order valence-corrected chi connectivity index (χ2v) is 5.89. The number of anilines is 3. The highest BCUT2D eigenvalue weighted by Crippen LogP contribution is 2.23. The maximum absolute atomic E-state index is 12.1. The van der Waals surface area contributed by atoms with Crippen LogP contribution in [-0.4, -0.2) is 40.6 Å². The summed E-state index contributed by atoms with van der Waals surface area (Å²) in [5, 5.41) is 18.5. The van der Waals surface area contributed by atoms with Gasteiger partial charge in [-0.25, -0.2) is 4.79 Å². The van der Waals surface area contributed by atoms with Crippen LogP contribution in [0, 0.1) is 0 Å². The molecule has 0 atom stereocenters. The maximum atomic E-state index is 12.1. The van der Waals surface area contributed by atoms with Gasteiger partial charge in [-0.15, -0.1) is 0 Å². The first kappa shape index (κ1) is 16.3. The fourth-order valence-corrected chi connectivity index (χ4v) is 2.88. The van der Waals surface area contributed by atoms with Gasteiger partial charge in [-0.1, -0.05) is 6.07 Å². The van der Waals surface area contributed by atoms with Crippen molar-refractivity contribution < 1.29 is 9.90 Å². The molecule has 0 saturated carbocycles. The second-order valence-electron chi connectivity index (χ2n) is 5.89. The third-order valence-corrected chi connectivity index (χ3v) is 4.05. The van der Waals surface area contributed by atoms with Crippen molar-refractivity contribution in [1.82, 2.24) is 9.78 Å². The SMILES string of the molecule is O=C(Nc1cccc(N2CCCCC2)c1)Nc1cnn(CCO)c1. The zero-order chi connectivity index (χ0) is 16.8. The van der Waals surface area contributed by atoms with Gasteiger partial charge in [-0.3, -0.25) is 4.68 Å². The van der Waals surface area contributed by atoms with Crippen molar-refractivity contribution >= 4 is 23.1 Å². The van der Waals surface area contributed by atoms with E-state index in [0.717, 1.165) is 24.5 Å². The zero-order valence-corrected chi connectivity index (χ0v) is 13.6. The summed E-state index contributed by atoms with van der Waals surface area (Å²) < 4.78 is 1.58. The summed E-state index contributed by atoms with van der Waals surface area (Å²) in [6.45, 7) is 2.55. The number of piperidine rings is 1. The number of amides is 2. The Kier molecular flexibility index (Phi) is 5.32. The number of carbonyl (C=O) groups excluding carboxylic acids is 1. The molecule has 7 heteroatoms. The van der Waals surface area contributed by atoms with Crippen LogP contribution in [0.2, 0.25) is 0 Å². The molecule has 1 aromatic heterocycles. The highest BCUT2D eigenvalue weighted by molar-refractivity contribution is 5.99. The molecule has 7 nitrogen and oxygen atoms in total. The molecule has 1 aliphatic rings. The Balaban J connectivity index is 1.59. The van der Waals surface area contributed by atoms with Gasteiger partial charge in [0, 0.05) is 30.7 Å². The smallest absolute Gasteiger partial charge is 0.323 e. The van der Waals surface area contributed by atoms with Gasteiger partial charge >= 0.3 is 6.03 Å². The van der Waals surface area contributed by atoms with Crippen molar-refractivity contribution in [3.05, 3.63) is 36.7 Å². The van der Waals surface area contributed by atoms with E-state index in [1.807, 2.05) is 18.2 Å². The number of carbonyl (C=O) groups is 1. The topological polar surface area (TPSA) is 82.4 Å². The first-order valence-electron chi connectivity index (χ1n) is 8.31. The van der Waals surface area contributed by atoms with Crippen LogP contribution in [0.15, 0.2) is 36.7 Å². The fraction of sp³-hybridized carbons (Fsp3) is 0.412. The predicted molar refractivity (Wildman–Crippen MR) is 94.5 cm³/mol. The Morgan fingerprint density at radius 1 is 1.17 bits per heavy atom. The number of nitrogens with zero attached hydrogens (tertiary/aromatic N) is 3. The Bertz CT molecular complexity index is 679. The van der Waals surface area contributed by atoms with E-state index in [1.54, 1.807) is 17.1 Å². The van der Waals surface area contributed by atoms with Crippen LogP contribution in [0.4, 0.5) is 21.9 Å². The average molecular weight is 329 g/mol. The third-order valence-electron chi connectivity index (χ3n) is 4.05. The lowest BCUT2D eigenvalue weighted by atomic mass is 10.1. The Morgan fingerprint density at radius 2 is 1.96 bits per heavy atom. The van der Waals surface area contributed by atoms with E-state index in [2.05, 4.69) is 26.7 Å². The number of aliphatic hydroxyl groups is 1. The van der Waals surface area contributed by atoms with Crippen molar-refractivity contribution in [1.29, 1.82) is 0 Å². The molecule has 128 valence electrons. The Morgan fingerprint density at radius 3 is 2.75 bits per heavy atom. The van der Waals surface area contributed by atoms with E-state index in [0.29, 0.717) is 12.2 Å². The van der Waals surface area contributed by atoms with E-state index in [9.17, 15) is 4.79 Å². The molecule has 0 bridgehead atoms. The van der Waals surface area contributed by atoms with Crippen molar-refractivity contribution in [2.45, 2.75) is 25.8 Å². The standard InChI is InChI=1S/C17H23N5O2/c23-10-9-22-13-15(12-18-22)20-17(24)19-14-5-4-6-16(11-14)21-7-2-1-3-8-21/h4-6,11-13,23H,1-3,7-10H2,(H2,19,20,24). The summed E-state index contributed by atoms with van der Waals surface area (Å²) >= 11 is 0. The van der Waals surface area contributed by atoms with Gasteiger partial charge in [0.15, 0.2) is 0 Å². The number of aromatic nitrogens is 2. The number of rotatable bonds is 5. The molecule has 3 rings (SSSR count). The minimum absolute atomic E-state index is 0.0105. The molecule has 2 aromatic rings. The quantitative estimate of drug-likeness (QED) is 0.787. The van der Waals surface area contributed by atoms with Crippen LogP contribution in [0.5, 0.6) is 0 Å². The largest absolute Gasteiger partial charge is 0.394 e. The molecule has 2 heterocycles. The van der Waals surface area contributed by atoms with Crippen LogP contribution in [0.25, 0.3) is 0 Å². The minimum atomic E-state index is -0.311. The summed E-state index contributed by atoms with van der Waals surface area (Å²) in [7, 11) is 0. The molecule has 0 radical (unpaired) electrons. The molecule has 0 aliphatic carbocycles. The molecule has 1 saturated heterocycles. The lowest BCUT2D eigenvalue weighted by Crippen LogP contribution is -2.29. The molecule has 2 amide bonds. The average Bonchev–Trinajstić information content (AvgIpc) is 3.03. The predicted octanol–water partition coefficient (Wildman–Crippen LogP) is 2.51. The van der Waals surface area contributed by atoms with Crippen molar-refractivity contribution in [2.24, 2.45) is 0 Å². The van der Waals surface area contributed by atoms with Gasteiger partial charge in [0.1, 0.15) is 0 Å². The summed E-state index contributed by atoms with van der Waals surface area (Å²) in [6, 6.07) is 7.60. The van der Waals surface area contributed by atoms with Crippen molar-refractivity contribution in [2.75, 3.05) is 35.2 Å². The maximum Gasteiger partial charge on any atom is 0.323 e. The number of hydrogen-bond acceptors (Lipinski definition) is 4. The van der Waals surface area contributed by atoms with Crippen molar-refractivity contribution in [3.63, 3.8) is 0 Å². The second kappa shape index (κ2) is 7.83. The van der Waals surface area contributed by atoms with E-state index in [4.69, 9.17) is 5.11 Å². The summed E-state index contributed by atoms with van der Waals surface area (Å²) in [6.07, 6.45) is 6.96. The van der Waals surface area contributed by atoms with Gasteiger partial charge in [-0.2, -0.15) is 5.10 Å². The first-order valence-corrected chi connectivity index (χ1v) is 8.31. The van der Waals surface area contributed by atoms with Gasteiger partial charge in [0.25, 0.3) is 0 Å². The van der Waals surface area contributed by atoms with Crippen LogP contribution in [0.3, 0.4) is 0 Å². The number of urea groups is 1.